The van der Waals surface area contributed by atoms with Gasteiger partial charge in [0.2, 0.25) is 0 Å². The summed E-state index contributed by atoms with van der Waals surface area (Å²) in [5.74, 6) is 0. The Balaban J connectivity index is 2.39. The predicted molar refractivity (Wildman–Crippen MR) is 91.3 cm³/mol. The van der Waals surface area contributed by atoms with Crippen LogP contribution in [0.15, 0.2) is 6.20 Å². The summed E-state index contributed by atoms with van der Waals surface area (Å²) in [6.45, 7) is 11.2. The summed E-state index contributed by atoms with van der Waals surface area (Å²) in [4.78, 5) is 17.3. The van der Waals surface area contributed by atoms with Crippen LogP contribution in [0.3, 0.4) is 0 Å². The van der Waals surface area contributed by atoms with Crippen LogP contribution in [0, 0.1) is 0 Å². The van der Waals surface area contributed by atoms with E-state index in [0.29, 0.717) is 6.54 Å². The van der Waals surface area contributed by atoms with Crippen molar-refractivity contribution >= 4 is 17.4 Å². The van der Waals surface area contributed by atoms with E-state index in [-0.39, 0.29) is 12.1 Å². The fourth-order valence-corrected chi connectivity index (χ4v) is 2.80. The molecule has 2 N–H and O–H groups in total. The van der Waals surface area contributed by atoms with Crippen LogP contribution in [0.5, 0.6) is 0 Å². The molecule has 0 aliphatic rings. The first-order valence-electron chi connectivity index (χ1n) is 7.97. The summed E-state index contributed by atoms with van der Waals surface area (Å²) in [7, 11) is 0. The fraction of sp³-hybridized carbons (Fsp3) is 0.750. The average molecular weight is 327 g/mol. The number of carbonyl (C=O) groups is 1. The van der Waals surface area contributed by atoms with E-state index in [1.165, 1.54) is 4.88 Å². The van der Waals surface area contributed by atoms with Gasteiger partial charge in [-0.3, -0.25) is 0 Å². The third kappa shape index (κ3) is 7.75. The van der Waals surface area contributed by atoms with Crippen LogP contribution in [-0.2, 0) is 17.7 Å². The fourth-order valence-electron chi connectivity index (χ4n) is 1.98. The molecule has 1 unspecified atom stereocenters. The number of hydrogen-bond donors (Lipinski definition) is 2. The van der Waals surface area contributed by atoms with Crippen molar-refractivity contribution in [3.05, 3.63) is 16.1 Å². The molecule has 0 saturated heterocycles. The number of nitrogens with one attached hydrogen (secondary N) is 2. The Morgan fingerprint density at radius 1 is 1.41 bits per heavy atom. The molecule has 1 heterocycles. The van der Waals surface area contributed by atoms with E-state index in [1.807, 2.05) is 27.0 Å². The highest BCUT2D eigenvalue weighted by Gasteiger charge is 2.17. The first kappa shape index (κ1) is 18.9. The lowest BCUT2D eigenvalue weighted by Crippen LogP contribution is -2.42. The molecule has 1 atom stereocenters. The number of ether oxygens (including phenoxy) is 1. The molecule has 1 aromatic rings. The topological polar surface area (TPSA) is 63.2 Å². The van der Waals surface area contributed by atoms with Gasteiger partial charge in [-0.05, 0) is 33.6 Å². The van der Waals surface area contributed by atoms with Gasteiger partial charge in [-0.2, -0.15) is 0 Å². The monoisotopic (exact) mass is 327 g/mol. The zero-order valence-electron chi connectivity index (χ0n) is 14.4. The maximum absolute atomic E-state index is 11.7. The van der Waals surface area contributed by atoms with Crippen molar-refractivity contribution in [1.29, 1.82) is 0 Å². The molecule has 1 aromatic heterocycles. The largest absolute Gasteiger partial charge is 0.444 e. The maximum Gasteiger partial charge on any atom is 0.407 e. The molecule has 6 heteroatoms. The summed E-state index contributed by atoms with van der Waals surface area (Å²) >= 11 is 1.74. The van der Waals surface area contributed by atoms with Crippen molar-refractivity contribution in [3.63, 3.8) is 0 Å². The van der Waals surface area contributed by atoms with Gasteiger partial charge in [0, 0.05) is 30.2 Å². The number of rotatable bonds is 8. The van der Waals surface area contributed by atoms with E-state index in [4.69, 9.17) is 4.74 Å². The third-order valence-corrected chi connectivity index (χ3v) is 4.14. The Kier molecular flexibility index (Phi) is 7.82. The number of aryl methyl sites for hydroxylation is 1. The van der Waals surface area contributed by atoms with Crippen molar-refractivity contribution in [3.8, 4) is 0 Å². The van der Waals surface area contributed by atoms with Gasteiger partial charge in [0.25, 0.3) is 0 Å². The predicted octanol–water partition coefficient (Wildman–Crippen LogP) is 3.49. The number of thiazole rings is 1. The van der Waals surface area contributed by atoms with Gasteiger partial charge in [-0.1, -0.05) is 20.3 Å². The lowest BCUT2D eigenvalue weighted by Gasteiger charge is -2.22. The van der Waals surface area contributed by atoms with Crippen LogP contribution in [0.25, 0.3) is 0 Å². The van der Waals surface area contributed by atoms with Gasteiger partial charge in [-0.15, -0.1) is 11.3 Å². The van der Waals surface area contributed by atoms with E-state index in [9.17, 15) is 4.79 Å². The minimum atomic E-state index is -0.461. The minimum Gasteiger partial charge on any atom is -0.444 e. The maximum atomic E-state index is 11.7. The first-order valence-corrected chi connectivity index (χ1v) is 8.79. The van der Waals surface area contributed by atoms with Gasteiger partial charge in [0.05, 0.1) is 5.01 Å². The second-order valence-electron chi connectivity index (χ2n) is 6.32. The second-order valence-corrected chi connectivity index (χ2v) is 7.52. The average Bonchev–Trinajstić information content (AvgIpc) is 2.88. The smallest absolute Gasteiger partial charge is 0.407 e. The molecule has 0 aromatic carbocycles. The number of hydrogen-bond acceptors (Lipinski definition) is 5. The molecule has 0 bridgehead atoms. The van der Waals surface area contributed by atoms with Gasteiger partial charge < -0.3 is 15.4 Å². The highest BCUT2D eigenvalue weighted by molar-refractivity contribution is 7.11. The summed E-state index contributed by atoms with van der Waals surface area (Å²) in [6, 6.07) is 0.240. The standard InChI is InChI=1S/C16H29N3O2S/c1-6-8-12(9-19-15(20)21-16(3,4)5)17-10-13-11-18-14(7-2)22-13/h11-12,17H,6-10H2,1-5H3,(H,19,20). The summed E-state index contributed by atoms with van der Waals surface area (Å²) in [5.41, 5.74) is -0.461. The Morgan fingerprint density at radius 2 is 2.14 bits per heavy atom. The van der Waals surface area contributed by atoms with Crippen molar-refractivity contribution in [2.45, 2.75) is 72.1 Å². The normalized spacial score (nSPS) is 13.0. The number of alkyl carbamates (subject to hydrolysis) is 1. The van der Waals surface area contributed by atoms with Crippen LogP contribution < -0.4 is 10.6 Å². The van der Waals surface area contributed by atoms with E-state index >= 15 is 0 Å². The van der Waals surface area contributed by atoms with Crippen LogP contribution in [0.4, 0.5) is 4.79 Å². The molecule has 0 spiro atoms. The van der Waals surface area contributed by atoms with E-state index in [0.717, 1.165) is 30.8 Å². The van der Waals surface area contributed by atoms with Crippen LogP contribution in [0.1, 0.15) is 57.3 Å². The summed E-state index contributed by atoms with van der Waals surface area (Å²) < 4.78 is 5.26. The third-order valence-electron chi connectivity index (χ3n) is 3.00. The van der Waals surface area contributed by atoms with Crippen molar-refractivity contribution in [2.24, 2.45) is 0 Å². The van der Waals surface area contributed by atoms with Crippen molar-refractivity contribution < 1.29 is 9.53 Å². The van der Waals surface area contributed by atoms with Crippen LogP contribution in [0.2, 0.25) is 0 Å². The molecule has 0 fully saturated rings. The highest BCUT2D eigenvalue weighted by Crippen LogP contribution is 2.13. The molecule has 0 radical (unpaired) electrons. The zero-order valence-corrected chi connectivity index (χ0v) is 15.2. The zero-order chi connectivity index (χ0) is 16.6. The number of carbonyl (C=O) groups excluding carboxylic acids is 1. The molecule has 5 nitrogen and oxygen atoms in total. The van der Waals surface area contributed by atoms with Gasteiger partial charge in [0.1, 0.15) is 5.60 Å². The Morgan fingerprint density at radius 3 is 2.68 bits per heavy atom. The summed E-state index contributed by atoms with van der Waals surface area (Å²) in [6.07, 6.45) is 4.62. The Bertz CT molecular complexity index is 454. The van der Waals surface area contributed by atoms with E-state index in [1.54, 1.807) is 11.3 Å². The van der Waals surface area contributed by atoms with Gasteiger partial charge in [0.15, 0.2) is 0 Å². The van der Waals surface area contributed by atoms with Crippen molar-refractivity contribution in [2.75, 3.05) is 6.54 Å². The van der Waals surface area contributed by atoms with Crippen LogP contribution >= 0.6 is 11.3 Å². The minimum absolute atomic E-state index is 0.240. The number of aromatic nitrogens is 1. The van der Waals surface area contributed by atoms with Gasteiger partial charge >= 0.3 is 6.09 Å². The number of amides is 1. The molecular weight excluding hydrogens is 298 g/mol. The first-order chi connectivity index (χ1) is 10.3. The van der Waals surface area contributed by atoms with Crippen molar-refractivity contribution in [1.82, 2.24) is 15.6 Å². The lowest BCUT2D eigenvalue weighted by atomic mass is 10.1. The molecule has 1 amide bonds. The molecule has 0 aliphatic carbocycles. The molecule has 126 valence electrons. The quantitative estimate of drug-likeness (QED) is 0.767. The summed E-state index contributed by atoms with van der Waals surface area (Å²) in [5, 5.41) is 7.50. The molecule has 0 saturated carbocycles. The Labute approximate surface area is 137 Å². The Hall–Kier alpha value is -1.14. The van der Waals surface area contributed by atoms with Crippen LogP contribution in [-0.4, -0.2) is 29.3 Å². The number of nitrogens with zero attached hydrogens (tertiary/aromatic N) is 1. The molecule has 0 aliphatic heterocycles. The lowest BCUT2D eigenvalue weighted by molar-refractivity contribution is 0.0521. The van der Waals surface area contributed by atoms with Gasteiger partial charge in [-0.25, -0.2) is 9.78 Å². The molecular formula is C16H29N3O2S. The molecule has 1 rings (SSSR count). The second kappa shape index (κ2) is 9.10. The molecule has 22 heavy (non-hydrogen) atoms. The highest BCUT2D eigenvalue weighted by atomic mass is 32.1. The van der Waals surface area contributed by atoms with E-state index in [2.05, 4.69) is 29.5 Å². The SMILES string of the molecule is CCCC(CNC(=O)OC(C)(C)C)NCc1cnc(CC)s1. The van der Waals surface area contributed by atoms with E-state index < -0.39 is 5.60 Å².